The first-order valence-electron chi connectivity index (χ1n) is 5.81. The van der Waals surface area contributed by atoms with Crippen LogP contribution in [-0.4, -0.2) is 13.1 Å². The van der Waals surface area contributed by atoms with Crippen LogP contribution < -0.4 is 5.32 Å². The average Bonchev–Trinajstić information content (AvgIpc) is 2.14. The monoisotopic (exact) mass is 255 g/mol. The molecule has 0 aromatic heterocycles. The van der Waals surface area contributed by atoms with Crippen LogP contribution in [0.15, 0.2) is 23.8 Å². The summed E-state index contributed by atoms with van der Waals surface area (Å²) in [6.07, 6.45) is 1.95. The molecule has 1 nitrogen and oxygen atoms in total. The van der Waals surface area contributed by atoms with Gasteiger partial charge in [0, 0.05) is 11.6 Å². The molecule has 3 heteroatoms. The molecule has 0 atom stereocenters. The SMILES string of the molecule is C/C(=C\c1cc(F)cc(Cl)c1)CNCC(C)C. The molecule has 0 aliphatic rings. The first kappa shape index (κ1) is 14.2. The summed E-state index contributed by atoms with van der Waals surface area (Å²) >= 11 is 5.79. The molecule has 0 aliphatic carbocycles. The van der Waals surface area contributed by atoms with Crippen molar-refractivity contribution < 1.29 is 4.39 Å². The van der Waals surface area contributed by atoms with Gasteiger partial charge in [0.2, 0.25) is 0 Å². The third-order valence-corrected chi connectivity index (χ3v) is 2.47. The number of hydrogen-bond donors (Lipinski definition) is 1. The average molecular weight is 256 g/mol. The summed E-state index contributed by atoms with van der Waals surface area (Å²) in [7, 11) is 0. The van der Waals surface area contributed by atoms with Crippen molar-refractivity contribution in [1.82, 2.24) is 5.32 Å². The van der Waals surface area contributed by atoms with Crippen molar-refractivity contribution in [3.63, 3.8) is 0 Å². The van der Waals surface area contributed by atoms with Gasteiger partial charge in [0.1, 0.15) is 5.82 Å². The number of nitrogens with one attached hydrogen (secondary N) is 1. The molecule has 1 aromatic carbocycles. The summed E-state index contributed by atoms with van der Waals surface area (Å²) in [5.74, 6) is 0.332. The van der Waals surface area contributed by atoms with Gasteiger partial charge in [-0.05, 0) is 43.1 Å². The van der Waals surface area contributed by atoms with E-state index in [4.69, 9.17) is 11.6 Å². The zero-order valence-electron chi connectivity index (χ0n) is 10.6. The first-order chi connectivity index (χ1) is 7.97. The zero-order valence-corrected chi connectivity index (χ0v) is 11.3. The van der Waals surface area contributed by atoms with Gasteiger partial charge in [0.25, 0.3) is 0 Å². The summed E-state index contributed by atoms with van der Waals surface area (Å²) in [4.78, 5) is 0. The van der Waals surface area contributed by atoms with Crippen molar-refractivity contribution in [3.8, 4) is 0 Å². The molecule has 1 N–H and O–H groups in total. The van der Waals surface area contributed by atoms with Gasteiger partial charge in [0.05, 0.1) is 0 Å². The lowest BCUT2D eigenvalue weighted by molar-refractivity contribution is 0.572. The fourth-order valence-corrected chi connectivity index (χ4v) is 1.78. The van der Waals surface area contributed by atoms with E-state index in [0.717, 1.165) is 24.2 Å². The highest BCUT2D eigenvalue weighted by molar-refractivity contribution is 6.30. The predicted octanol–water partition coefficient (Wildman–Crippen LogP) is 4.13. The van der Waals surface area contributed by atoms with Crippen LogP contribution in [0.3, 0.4) is 0 Å². The van der Waals surface area contributed by atoms with Crippen LogP contribution >= 0.6 is 11.6 Å². The molecule has 0 unspecified atom stereocenters. The minimum absolute atomic E-state index is 0.299. The van der Waals surface area contributed by atoms with Crippen molar-refractivity contribution >= 4 is 17.7 Å². The van der Waals surface area contributed by atoms with E-state index in [0.29, 0.717) is 10.9 Å². The van der Waals surface area contributed by atoms with E-state index in [-0.39, 0.29) is 5.82 Å². The number of halogens is 2. The maximum atomic E-state index is 13.1. The first-order valence-corrected chi connectivity index (χ1v) is 6.19. The van der Waals surface area contributed by atoms with E-state index in [9.17, 15) is 4.39 Å². The zero-order chi connectivity index (χ0) is 12.8. The molecule has 0 heterocycles. The summed E-state index contributed by atoms with van der Waals surface area (Å²) in [5, 5.41) is 3.77. The lowest BCUT2D eigenvalue weighted by Crippen LogP contribution is -2.21. The highest BCUT2D eigenvalue weighted by Gasteiger charge is 1.98. The Kier molecular flexibility index (Phi) is 5.66. The van der Waals surface area contributed by atoms with Crippen molar-refractivity contribution in [2.75, 3.05) is 13.1 Å². The molecule has 0 bridgehead atoms. The summed E-state index contributed by atoms with van der Waals surface area (Å²) in [5.41, 5.74) is 1.96. The van der Waals surface area contributed by atoms with E-state index < -0.39 is 0 Å². The van der Waals surface area contributed by atoms with Crippen molar-refractivity contribution in [1.29, 1.82) is 0 Å². The molecule has 1 rings (SSSR count). The second-order valence-electron chi connectivity index (χ2n) is 4.72. The molecule has 94 valence electrons. The molecule has 0 fully saturated rings. The van der Waals surface area contributed by atoms with Crippen LogP contribution in [0, 0.1) is 11.7 Å². The molecule has 0 radical (unpaired) electrons. The van der Waals surface area contributed by atoms with Gasteiger partial charge in [-0.15, -0.1) is 0 Å². The summed E-state index contributed by atoms with van der Waals surface area (Å²) in [6.45, 7) is 8.14. The van der Waals surface area contributed by atoms with E-state index >= 15 is 0 Å². The van der Waals surface area contributed by atoms with Gasteiger partial charge in [-0.25, -0.2) is 4.39 Å². The molecule has 0 aliphatic heterocycles. The lowest BCUT2D eigenvalue weighted by atomic mass is 10.1. The van der Waals surface area contributed by atoms with Gasteiger partial charge >= 0.3 is 0 Å². The quantitative estimate of drug-likeness (QED) is 0.834. The summed E-state index contributed by atoms with van der Waals surface area (Å²) in [6, 6.07) is 4.56. The molecule has 0 amide bonds. The third-order valence-electron chi connectivity index (χ3n) is 2.25. The lowest BCUT2D eigenvalue weighted by Gasteiger charge is -2.07. The maximum absolute atomic E-state index is 13.1. The molecule has 0 saturated carbocycles. The molecule has 17 heavy (non-hydrogen) atoms. The number of hydrogen-bond acceptors (Lipinski definition) is 1. The number of rotatable bonds is 5. The van der Waals surface area contributed by atoms with Crippen LogP contribution in [0.2, 0.25) is 5.02 Å². The Balaban J connectivity index is 2.60. The Morgan fingerprint density at radius 1 is 1.41 bits per heavy atom. The Morgan fingerprint density at radius 2 is 2.12 bits per heavy atom. The Morgan fingerprint density at radius 3 is 2.71 bits per heavy atom. The van der Waals surface area contributed by atoms with Crippen molar-refractivity contribution in [2.24, 2.45) is 5.92 Å². The second-order valence-corrected chi connectivity index (χ2v) is 5.15. The second kappa shape index (κ2) is 6.77. The molecular weight excluding hydrogens is 237 g/mol. The molecular formula is C14H19ClFN. The predicted molar refractivity (Wildman–Crippen MR) is 72.8 cm³/mol. The van der Waals surface area contributed by atoms with Gasteiger partial charge in [-0.3, -0.25) is 0 Å². The largest absolute Gasteiger partial charge is 0.313 e. The standard InChI is InChI=1S/C14H19ClFN/c1-10(2)8-17-9-11(3)4-12-5-13(15)7-14(16)6-12/h4-7,10,17H,8-9H2,1-3H3/b11-4+. The van der Waals surface area contributed by atoms with Crippen LogP contribution in [0.5, 0.6) is 0 Å². The van der Waals surface area contributed by atoms with E-state index in [1.165, 1.54) is 12.1 Å². The minimum atomic E-state index is -0.299. The van der Waals surface area contributed by atoms with E-state index in [1.54, 1.807) is 6.07 Å². The summed E-state index contributed by atoms with van der Waals surface area (Å²) < 4.78 is 13.1. The Labute approximate surface area is 108 Å². The highest BCUT2D eigenvalue weighted by atomic mass is 35.5. The van der Waals surface area contributed by atoms with Crippen LogP contribution in [0.4, 0.5) is 4.39 Å². The van der Waals surface area contributed by atoms with E-state index in [1.807, 2.05) is 13.0 Å². The van der Waals surface area contributed by atoms with Gasteiger partial charge < -0.3 is 5.32 Å². The fourth-order valence-electron chi connectivity index (χ4n) is 1.55. The van der Waals surface area contributed by atoms with Gasteiger partial charge in [-0.1, -0.05) is 37.1 Å². The normalized spacial score (nSPS) is 12.2. The fraction of sp³-hybridized carbons (Fsp3) is 0.429. The van der Waals surface area contributed by atoms with Crippen LogP contribution in [0.25, 0.3) is 6.08 Å². The topological polar surface area (TPSA) is 12.0 Å². The maximum Gasteiger partial charge on any atom is 0.125 e. The Bertz CT molecular complexity index is 379. The van der Waals surface area contributed by atoms with Crippen LogP contribution in [0.1, 0.15) is 26.3 Å². The van der Waals surface area contributed by atoms with Gasteiger partial charge in [0.15, 0.2) is 0 Å². The van der Waals surface area contributed by atoms with Crippen molar-refractivity contribution in [3.05, 3.63) is 40.2 Å². The Hall–Kier alpha value is -0.860. The minimum Gasteiger partial charge on any atom is -0.313 e. The third kappa shape index (κ3) is 5.85. The van der Waals surface area contributed by atoms with Crippen molar-refractivity contribution in [2.45, 2.75) is 20.8 Å². The van der Waals surface area contributed by atoms with Gasteiger partial charge in [-0.2, -0.15) is 0 Å². The van der Waals surface area contributed by atoms with Crippen LogP contribution in [-0.2, 0) is 0 Å². The highest BCUT2D eigenvalue weighted by Crippen LogP contribution is 2.16. The molecule has 0 saturated heterocycles. The van der Waals surface area contributed by atoms with E-state index in [2.05, 4.69) is 19.2 Å². The number of benzene rings is 1. The molecule has 0 spiro atoms. The molecule has 1 aromatic rings. The smallest absolute Gasteiger partial charge is 0.125 e.